The lowest BCUT2D eigenvalue weighted by Crippen LogP contribution is -2.52. The Labute approximate surface area is 109 Å². The molecule has 1 amide bonds. The largest absolute Gasteiger partial charge is 0.480 e. The minimum atomic E-state index is -1.12. The van der Waals surface area contributed by atoms with Gasteiger partial charge >= 0.3 is 5.97 Å². The van der Waals surface area contributed by atoms with Crippen molar-refractivity contribution >= 4 is 11.9 Å². The number of ether oxygens (including phenoxy) is 1. The van der Waals surface area contributed by atoms with E-state index in [0.29, 0.717) is 5.56 Å². The number of carboxylic acids is 1. The minimum absolute atomic E-state index is 0.0463. The molecule has 0 spiro atoms. The van der Waals surface area contributed by atoms with Crippen molar-refractivity contribution < 1.29 is 23.8 Å². The van der Waals surface area contributed by atoms with E-state index in [1.807, 2.05) is 0 Å². The smallest absolute Gasteiger partial charge is 0.328 e. The van der Waals surface area contributed by atoms with Crippen molar-refractivity contribution in [2.24, 2.45) is 0 Å². The molecule has 5 nitrogen and oxygen atoms in total. The first-order valence-corrected chi connectivity index (χ1v) is 5.88. The quantitative estimate of drug-likeness (QED) is 0.870. The Morgan fingerprint density at radius 3 is 2.79 bits per heavy atom. The summed E-state index contributed by atoms with van der Waals surface area (Å²) in [5.41, 5.74) is 0.772. The number of hydrogen-bond acceptors (Lipinski definition) is 3. The highest BCUT2D eigenvalue weighted by molar-refractivity contribution is 5.97. The number of aliphatic carboxylic acids is 1. The van der Waals surface area contributed by atoms with E-state index in [1.54, 1.807) is 13.0 Å². The number of halogens is 1. The lowest BCUT2D eigenvalue weighted by Gasteiger charge is -2.32. The number of nitrogens with zero attached hydrogens (tertiary/aromatic N) is 1. The van der Waals surface area contributed by atoms with Crippen molar-refractivity contribution in [2.45, 2.75) is 13.0 Å². The zero-order valence-electron chi connectivity index (χ0n) is 10.4. The highest BCUT2D eigenvalue weighted by Gasteiger charge is 2.33. The van der Waals surface area contributed by atoms with Crippen LogP contribution in [0.4, 0.5) is 4.39 Å². The van der Waals surface area contributed by atoms with Gasteiger partial charge in [-0.25, -0.2) is 9.18 Å². The number of rotatable bonds is 2. The zero-order chi connectivity index (χ0) is 14.0. The van der Waals surface area contributed by atoms with Gasteiger partial charge in [-0.2, -0.15) is 0 Å². The van der Waals surface area contributed by atoms with E-state index < -0.39 is 23.7 Å². The number of aryl methyl sites for hydroxylation is 1. The highest BCUT2D eigenvalue weighted by Crippen LogP contribution is 2.15. The zero-order valence-corrected chi connectivity index (χ0v) is 10.4. The monoisotopic (exact) mass is 267 g/mol. The van der Waals surface area contributed by atoms with Crippen LogP contribution in [-0.4, -0.2) is 47.7 Å². The fraction of sp³-hybridized carbons (Fsp3) is 0.385. The number of benzene rings is 1. The van der Waals surface area contributed by atoms with Crippen molar-refractivity contribution in [1.82, 2.24) is 4.90 Å². The van der Waals surface area contributed by atoms with Crippen molar-refractivity contribution in [2.75, 3.05) is 19.8 Å². The molecule has 0 saturated carbocycles. The second-order valence-electron chi connectivity index (χ2n) is 4.44. The summed E-state index contributed by atoms with van der Waals surface area (Å²) in [5, 5.41) is 9.07. The number of amides is 1. The van der Waals surface area contributed by atoms with Gasteiger partial charge in [0.2, 0.25) is 0 Å². The third-order valence-electron chi connectivity index (χ3n) is 2.96. The molecule has 0 radical (unpaired) electrons. The average Bonchev–Trinajstić information content (AvgIpc) is 2.36. The summed E-state index contributed by atoms with van der Waals surface area (Å²) in [6.45, 7) is 2.10. The predicted octanol–water partition coefficient (Wildman–Crippen LogP) is 1.06. The second-order valence-corrected chi connectivity index (χ2v) is 4.44. The van der Waals surface area contributed by atoms with Crippen LogP contribution in [0.25, 0.3) is 0 Å². The van der Waals surface area contributed by atoms with Gasteiger partial charge in [0.15, 0.2) is 6.04 Å². The van der Waals surface area contributed by atoms with Gasteiger partial charge in [0.05, 0.1) is 13.2 Å². The summed E-state index contributed by atoms with van der Waals surface area (Å²) in [7, 11) is 0. The first-order valence-electron chi connectivity index (χ1n) is 5.88. The van der Waals surface area contributed by atoms with Crippen LogP contribution in [0.5, 0.6) is 0 Å². The summed E-state index contributed by atoms with van der Waals surface area (Å²) in [5.74, 6) is -2.12. The Morgan fingerprint density at radius 2 is 2.16 bits per heavy atom. The number of carbonyl (C=O) groups is 2. The van der Waals surface area contributed by atoms with Crippen LogP contribution in [0.3, 0.4) is 0 Å². The van der Waals surface area contributed by atoms with E-state index in [-0.39, 0.29) is 25.3 Å². The molecule has 1 atom stereocenters. The van der Waals surface area contributed by atoms with Crippen LogP contribution >= 0.6 is 0 Å². The van der Waals surface area contributed by atoms with Crippen molar-refractivity contribution in [3.05, 3.63) is 35.1 Å². The molecule has 1 unspecified atom stereocenters. The van der Waals surface area contributed by atoms with Gasteiger partial charge < -0.3 is 14.7 Å². The molecule has 0 aromatic heterocycles. The molecule has 0 bridgehead atoms. The van der Waals surface area contributed by atoms with Gasteiger partial charge in [-0.05, 0) is 30.7 Å². The lowest BCUT2D eigenvalue weighted by molar-refractivity contribution is -0.147. The van der Waals surface area contributed by atoms with Crippen LogP contribution in [0.2, 0.25) is 0 Å². The summed E-state index contributed by atoms with van der Waals surface area (Å²) in [6.07, 6.45) is 0. The molecule has 1 N–H and O–H groups in total. The summed E-state index contributed by atoms with van der Waals surface area (Å²) >= 11 is 0. The third-order valence-corrected chi connectivity index (χ3v) is 2.96. The molecule has 1 aliphatic rings. The Hall–Kier alpha value is -1.95. The Bertz CT molecular complexity index is 497. The first kappa shape index (κ1) is 13.5. The molecule has 1 aliphatic heterocycles. The van der Waals surface area contributed by atoms with Crippen LogP contribution in [0, 0.1) is 12.7 Å². The van der Waals surface area contributed by atoms with Crippen LogP contribution in [-0.2, 0) is 9.53 Å². The van der Waals surface area contributed by atoms with Crippen molar-refractivity contribution in [3.8, 4) is 0 Å². The molecule has 6 heteroatoms. The molecule has 19 heavy (non-hydrogen) atoms. The normalized spacial score (nSPS) is 19.3. The molecule has 1 aromatic rings. The first-order chi connectivity index (χ1) is 8.99. The maximum absolute atomic E-state index is 13.3. The minimum Gasteiger partial charge on any atom is -0.480 e. The Morgan fingerprint density at radius 1 is 1.42 bits per heavy atom. The third kappa shape index (κ3) is 2.90. The SMILES string of the molecule is Cc1cc(F)cc(C(=O)N2CCOCC2C(=O)O)c1. The van der Waals surface area contributed by atoms with E-state index in [4.69, 9.17) is 9.84 Å². The fourth-order valence-corrected chi connectivity index (χ4v) is 2.08. The maximum Gasteiger partial charge on any atom is 0.328 e. The average molecular weight is 267 g/mol. The highest BCUT2D eigenvalue weighted by atomic mass is 19.1. The molecular weight excluding hydrogens is 253 g/mol. The van der Waals surface area contributed by atoms with Gasteiger partial charge in [-0.1, -0.05) is 0 Å². The topological polar surface area (TPSA) is 66.8 Å². The Balaban J connectivity index is 2.28. The standard InChI is InChI=1S/C13H14FNO4/c1-8-4-9(6-10(14)5-8)12(16)15-2-3-19-7-11(15)13(17)18/h4-6,11H,2-3,7H2,1H3,(H,17,18). The molecule has 2 rings (SSSR count). The predicted molar refractivity (Wildman–Crippen MR) is 64.4 cm³/mol. The van der Waals surface area contributed by atoms with Gasteiger partial charge in [0.25, 0.3) is 5.91 Å². The second kappa shape index (κ2) is 5.36. The number of hydrogen-bond donors (Lipinski definition) is 1. The van der Waals surface area contributed by atoms with Crippen LogP contribution in [0.15, 0.2) is 18.2 Å². The number of carboxylic acid groups (broad SMARTS) is 1. The van der Waals surface area contributed by atoms with Gasteiger partial charge in [0, 0.05) is 12.1 Å². The molecule has 1 aromatic carbocycles. The number of morpholine rings is 1. The molecule has 0 aliphatic carbocycles. The van der Waals surface area contributed by atoms with Gasteiger partial charge in [-0.3, -0.25) is 4.79 Å². The van der Waals surface area contributed by atoms with Gasteiger partial charge in [-0.15, -0.1) is 0 Å². The van der Waals surface area contributed by atoms with Crippen molar-refractivity contribution in [3.63, 3.8) is 0 Å². The summed E-state index contributed by atoms with van der Waals surface area (Å²) in [4.78, 5) is 24.6. The molecule has 1 heterocycles. The van der Waals surface area contributed by atoms with Crippen LogP contribution in [0.1, 0.15) is 15.9 Å². The summed E-state index contributed by atoms with van der Waals surface area (Å²) < 4.78 is 18.4. The molecule has 1 fully saturated rings. The van der Waals surface area contributed by atoms with E-state index in [2.05, 4.69) is 0 Å². The lowest BCUT2D eigenvalue weighted by atomic mass is 10.1. The van der Waals surface area contributed by atoms with E-state index in [1.165, 1.54) is 11.0 Å². The molecule has 102 valence electrons. The molecule has 1 saturated heterocycles. The van der Waals surface area contributed by atoms with E-state index >= 15 is 0 Å². The number of carbonyl (C=O) groups excluding carboxylic acids is 1. The van der Waals surface area contributed by atoms with Crippen molar-refractivity contribution in [1.29, 1.82) is 0 Å². The van der Waals surface area contributed by atoms with Crippen LogP contribution < -0.4 is 0 Å². The maximum atomic E-state index is 13.3. The van der Waals surface area contributed by atoms with Gasteiger partial charge in [0.1, 0.15) is 5.82 Å². The fourth-order valence-electron chi connectivity index (χ4n) is 2.08. The molecular formula is C13H14FNO4. The van der Waals surface area contributed by atoms with E-state index in [9.17, 15) is 14.0 Å². The Kier molecular flexibility index (Phi) is 3.80. The summed E-state index contributed by atoms with van der Waals surface area (Å²) in [6, 6.07) is 2.94. The van der Waals surface area contributed by atoms with E-state index in [0.717, 1.165) is 6.07 Å².